The van der Waals surface area contributed by atoms with Crippen LogP contribution in [0.2, 0.25) is 0 Å². The number of benzene rings is 1. The maximum atomic E-state index is 12.8. The average Bonchev–Trinajstić information content (AvgIpc) is 3.00. The summed E-state index contributed by atoms with van der Waals surface area (Å²) in [5, 5.41) is 2.76. The molecule has 0 aliphatic rings. The third-order valence-corrected chi connectivity index (χ3v) is 3.00. The van der Waals surface area contributed by atoms with Gasteiger partial charge in [0, 0.05) is 6.54 Å². The summed E-state index contributed by atoms with van der Waals surface area (Å²) < 4.78 is 23.6. The minimum absolute atomic E-state index is 0. The molecular formula is C16H20ClFN2O3. The Bertz CT molecular complexity index is 602. The Balaban J connectivity index is 0.00000264. The maximum Gasteiger partial charge on any atom is 0.286 e. The second-order valence-electron chi connectivity index (χ2n) is 4.76. The molecule has 7 heteroatoms. The van der Waals surface area contributed by atoms with E-state index in [9.17, 15) is 9.18 Å². The smallest absolute Gasteiger partial charge is 0.286 e. The van der Waals surface area contributed by atoms with Crippen LogP contribution in [0.5, 0.6) is 5.75 Å². The van der Waals surface area contributed by atoms with Gasteiger partial charge in [0.25, 0.3) is 5.91 Å². The summed E-state index contributed by atoms with van der Waals surface area (Å²) >= 11 is 0. The molecule has 23 heavy (non-hydrogen) atoms. The highest BCUT2D eigenvalue weighted by molar-refractivity contribution is 5.91. The molecule has 5 nitrogen and oxygen atoms in total. The first-order valence-electron chi connectivity index (χ1n) is 7.14. The number of carbonyl (C=O) groups excluding carboxylic acids is 1. The average molecular weight is 343 g/mol. The molecule has 3 N–H and O–H groups in total. The van der Waals surface area contributed by atoms with Crippen molar-refractivity contribution in [3.05, 3.63) is 53.7 Å². The van der Waals surface area contributed by atoms with Crippen molar-refractivity contribution in [1.29, 1.82) is 0 Å². The zero-order chi connectivity index (χ0) is 15.8. The molecule has 2 rings (SSSR count). The molecule has 1 aromatic heterocycles. The fourth-order valence-electron chi connectivity index (χ4n) is 1.82. The topological polar surface area (TPSA) is 77.5 Å². The summed E-state index contributed by atoms with van der Waals surface area (Å²) in [4.78, 5) is 11.8. The number of amides is 1. The van der Waals surface area contributed by atoms with Crippen LogP contribution in [0.25, 0.3) is 0 Å². The number of hydrogen-bond donors (Lipinski definition) is 2. The highest BCUT2D eigenvalue weighted by atomic mass is 35.5. The van der Waals surface area contributed by atoms with Gasteiger partial charge in [0.05, 0.1) is 0 Å². The Labute approximate surface area is 140 Å². The normalized spacial score (nSPS) is 10.0. The van der Waals surface area contributed by atoms with Crippen molar-refractivity contribution in [3.8, 4) is 5.75 Å². The Morgan fingerprint density at radius 2 is 1.91 bits per heavy atom. The quantitative estimate of drug-likeness (QED) is 0.723. The van der Waals surface area contributed by atoms with E-state index < -0.39 is 0 Å². The van der Waals surface area contributed by atoms with Crippen LogP contribution in [0, 0.1) is 5.82 Å². The maximum absolute atomic E-state index is 12.8. The van der Waals surface area contributed by atoms with Crippen molar-refractivity contribution in [3.63, 3.8) is 0 Å². The first-order valence-corrected chi connectivity index (χ1v) is 7.14. The van der Waals surface area contributed by atoms with E-state index in [2.05, 4.69) is 5.32 Å². The van der Waals surface area contributed by atoms with Gasteiger partial charge in [-0.3, -0.25) is 4.79 Å². The second kappa shape index (κ2) is 9.86. The first-order chi connectivity index (χ1) is 10.7. The lowest BCUT2D eigenvalue weighted by Gasteiger charge is -2.04. The molecule has 126 valence electrons. The predicted octanol–water partition coefficient (Wildman–Crippen LogP) is 2.89. The third-order valence-electron chi connectivity index (χ3n) is 3.00. The van der Waals surface area contributed by atoms with E-state index in [1.54, 1.807) is 12.1 Å². The van der Waals surface area contributed by atoms with Crippen molar-refractivity contribution >= 4 is 18.3 Å². The molecule has 0 aliphatic heterocycles. The SMILES string of the molecule is Cl.NCCCCNC(=O)c1ccc(COc2ccc(F)cc2)o1. The Hall–Kier alpha value is -2.05. The zero-order valence-electron chi connectivity index (χ0n) is 12.6. The van der Waals surface area contributed by atoms with Crippen LogP contribution in [-0.4, -0.2) is 19.0 Å². The van der Waals surface area contributed by atoms with Crippen LogP contribution < -0.4 is 15.8 Å². The summed E-state index contributed by atoms with van der Waals surface area (Å²) in [6.07, 6.45) is 1.71. The van der Waals surface area contributed by atoms with E-state index in [0.717, 1.165) is 12.8 Å². The van der Waals surface area contributed by atoms with Gasteiger partial charge in [-0.15, -0.1) is 12.4 Å². The minimum Gasteiger partial charge on any atom is -0.486 e. The van der Waals surface area contributed by atoms with Gasteiger partial charge in [-0.2, -0.15) is 0 Å². The molecule has 0 aliphatic carbocycles. The van der Waals surface area contributed by atoms with Crippen molar-refractivity contribution in [2.24, 2.45) is 5.73 Å². The minimum atomic E-state index is -0.320. The summed E-state index contributed by atoms with van der Waals surface area (Å²) in [6.45, 7) is 1.35. The number of furan rings is 1. The summed E-state index contributed by atoms with van der Waals surface area (Å²) in [6, 6.07) is 8.97. The van der Waals surface area contributed by atoms with Gasteiger partial charge in [-0.05, 0) is 55.8 Å². The summed E-state index contributed by atoms with van der Waals surface area (Å²) in [7, 11) is 0. The van der Waals surface area contributed by atoms with Crippen molar-refractivity contribution in [2.75, 3.05) is 13.1 Å². The van der Waals surface area contributed by atoms with E-state index in [1.807, 2.05) is 0 Å². The molecule has 0 bridgehead atoms. The molecule has 1 amide bonds. The summed E-state index contributed by atoms with van der Waals surface area (Å²) in [5.74, 6) is 0.719. The van der Waals surface area contributed by atoms with Gasteiger partial charge in [0.2, 0.25) is 0 Å². The van der Waals surface area contributed by atoms with Crippen LogP contribution in [-0.2, 0) is 6.61 Å². The fourth-order valence-corrected chi connectivity index (χ4v) is 1.82. The largest absolute Gasteiger partial charge is 0.486 e. The molecule has 0 atom stereocenters. The van der Waals surface area contributed by atoms with Gasteiger partial charge < -0.3 is 20.2 Å². The van der Waals surface area contributed by atoms with E-state index >= 15 is 0 Å². The second-order valence-corrected chi connectivity index (χ2v) is 4.76. The lowest BCUT2D eigenvalue weighted by atomic mass is 10.3. The van der Waals surface area contributed by atoms with Crippen molar-refractivity contribution in [1.82, 2.24) is 5.32 Å². The molecular weight excluding hydrogens is 323 g/mol. The van der Waals surface area contributed by atoms with Gasteiger partial charge in [0.1, 0.15) is 23.9 Å². The zero-order valence-corrected chi connectivity index (χ0v) is 13.4. The monoisotopic (exact) mass is 342 g/mol. The number of ether oxygens (including phenoxy) is 1. The van der Waals surface area contributed by atoms with E-state index in [4.69, 9.17) is 14.9 Å². The molecule has 1 heterocycles. The van der Waals surface area contributed by atoms with Gasteiger partial charge >= 0.3 is 0 Å². The summed E-state index contributed by atoms with van der Waals surface area (Å²) in [5.41, 5.74) is 5.38. The molecule has 0 radical (unpaired) electrons. The lowest BCUT2D eigenvalue weighted by molar-refractivity contribution is 0.0921. The van der Waals surface area contributed by atoms with Crippen molar-refractivity contribution < 1.29 is 18.3 Å². The van der Waals surface area contributed by atoms with E-state index in [-0.39, 0.29) is 36.5 Å². The number of halogens is 2. The number of hydrogen-bond acceptors (Lipinski definition) is 4. The molecule has 0 saturated carbocycles. The molecule has 1 aromatic carbocycles. The van der Waals surface area contributed by atoms with Crippen molar-refractivity contribution in [2.45, 2.75) is 19.4 Å². The number of rotatable bonds is 8. The molecule has 0 fully saturated rings. The lowest BCUT2D eigenvalue weighted by Crippen LogP contribution is -2.24. The number of unbranched alkanes of at least 4 members (excludes halogenated alkanes) is 1. The molecule has 2 aromatic rings. The van der Waals surface area contributed by atoms with E-state index in [0.29, 0.717) is 24.6 Å². The Kier molecular flexibility index (Phi) is 8.15. The van der Waals surface area contributed by atoms with Gasteiger partial charge in [-0.25, -0.2) is 4.39 Å². The molecule has 0 saturated heterocycles. The number of carbonyl (C=O) groups is 1. The van der Waals surface area contributed by atoms with Crippen LogP contribution in [0.3, 0.4) is 0 Å². The predicted molar refractivity (Wildman–Crippen MR) is 87.3 cm³/mol. The first kappa shape index (κ1) is 19.0. The van der Waals surface area contributed by atoms with Crippen LogP contribution in [0.1, 0.15) is 29.2 Å². The van der Waals surface area contributed by atoms with Crippen LogP contribution >= 0.6 is 12.4 Å². The standard InChI is InChI=1S/C16H19FN2O3.ClH/c17-12-3-5-13(6-4-12)21-11-14-7-8-15(22-14)16(20)19-10-2-1-9-18;/h3-8H,1-2,9-11,18H2,(H,19,20);1H. The van der Waals surface area contributed by atoms with E-state index in [1.165, 1.54) is 24.3 Å². The molecule has 0 unspecified atom stereocenters. The molecule has 0 spiro atoms. The van der Waals surface area contributed by atoms with Crippen LogP contribution in [0.4, 0.5) is 4.39 Å². The highest BCUT2D eigenvalue weighted by Gasteiger charge is 2.10. The highest BCUT2D eigenvalue weighted by Crippen LogP contribution is 2.15. The number of nitrogens with one attached hydrogen (secondary N) is 1. The van der Waals surface area contributed by atoms with Gasteiger partial charge in [-0.1, -0.05) is 0 Å². The fraction of sp³-hybridized carbons (Fsp3) is 0.312. The Morgan fingerprint density at radius 3 is 2.61 bits per heavy atom. The van der Waals surface area contributed by atoms with Crippen LogP contribution in [0.15, 0.2) is 40.8 Å². The third kappa shape index (κ3) is 6.30. The Morgan fingerprint density at radius 1 is 1.17 bits per heavy atom. The number of nitrogens with two attached hydrogens (primary N) is 1. The van der Waals surface area contributed by atoms with Gasteiger partial charge in [0.15, 0.2) is 5.76 Å².